The van der Waals surface area contributed by atoms with E-state index in [0.29, 0.717) is 24.1 Å². The fraction of sp³-hybridized carbons (Fsp3) is 0.976. The van der Waals surface area contributed by atoms with Gasteiger partial charge in [-0.05, 0) is 12.8 Å². The van der Waals surface area contributed by atoms with E-state index in [9.17, 15) is 14.3 Å². The van der Waals surface area contributed by atoms with E-state index >= 15 is 0 Å². The van der Waals surface area contributed by atoms with Gasteiger partial charge in [-0.1, -0.05) is 187 Å². The maximum atomic E-state index is 12.5. The van der Waals surface area contributed by atoms with Crippen molar-refractivity contribution in [2.45, 2.75) is 213 Å². The van der Waals surface area contributed by atoms with Crippen LogP contribution >= 0.6 is 7.82 Å². The van der Waals surface area contributed by atoms with Gasteiger partial charge in [0.25, 0.3) is 0 Å². The lowest BCUT2D eigenvalue weighted by atomic mass is 10.0. The fourth-order valence-corrected chi connectivity index (χ4v) is 6.98. The van der Waals surface area contributed by atoms with Crippen molar-refractivity contribution in [1.29, 1.82) is 0 Å². The van der Waals surface area contributed by atoms with Gasteiger partial charge in [-0.25, -0.2) is 4.57 Å². The molecule has 0 heterocycles. The largest absolute Gasteiger partial charge is 0.472 e. The second-order valence-corrected chi connectivity index (χ2v) is 17.5. The number of likely N-dealkylation sites (N-methyl/N-ethyl adjacent to an activating group) is 1. The van der Waals surface area contributed by atoms with Gasteiger partial charge in [0.2, 0.25) is 0 Å². The van der Waals surface area contributed by atoms with E-state index in [1.807, 2.05) is 21.1 Å². The summed E-state index contributed by atoms with van der Waals surface area (Å²) in [4.78, 5) is 22.7. The number of ether oxygens (including phenoxy) is 2. The van der Waals surface area contributed by atoms with Crippen LogP contribution in [0.2, 0.25) is 0 Å². The molecular formula is C42H87NO7P+. The summed E-state index contributed by atoms with van der Waals surface area (Å²) in [5.74, 6) is -0.249. The smallest absolute Gasteiger partial charge is 0.463 e. The van der Waals surface area contributed by atoms with Crippen LogP contribution in [0.3, 0.4) is 0 Å². The number of nitrogens with zero attached hydrogens (tertiary/aromatic N) is 1. The Morgan fingerprint density at radius 1 is 0.529 bits per heavy atom. The molecule has 0 radical (unpaired) electrons. The van der Waals surface area contributed by atoms with Crippen LogP contribution in [0.25, 0.3) is 0 Å². The minimum absolute atomic E-state index is 0.00899. The highest BCUT2D eigenvalue weighted by Gasteiger charge is 2.25. The molecule has 0 bridgehead atoms. The standard InChI is InChI=1S/C42H86NO7P/c1-6-8-10-12-14-16-18-20-22-23-25-27-29-31-33-35-42(44)48-39-41(40-50-51(45,46)49-38-36-43(3,4)5)47-37-34-32-30-28-26-24-21-19-17-15-13-11-9-7-2/h41H,6-40H2,1-5H3/p+1. The first kappa shape index (κ1) is 50.5. The van der Waals surface area contributed by atoms with E-state index in [1.54, 1.807) is 0 Å². The highest BCUT2D eigenvalue weighted by molar-refractivity contribution is 7.47. The Kier molecular flexibility index (Phi) is 36.1. The topological polar surface area (TPSA) is 91.3 Å². The number of phosphoric acid groups is 1. The number of unbranched alkanes of at least 4 members (excludes halogenated alkanes) is 27. The molecule has 0 rings (SSSR count). The van der Waals surface area contributed by atoms with Crippen molar-refractivity contribution in [2.24, 2.45) is 0 Å². The lowest BCUT2D eigenvalue weighted by Gasteiger charge is -2.24. The van der Waals surface area contributed by atoms with Crippen LogP contribution in [0, 0.1) is 0 Å². The molecule has 0 aromatic rings. The highest BCUT2D eigenvalue weighted by Crippen LogP contribution is 2.43. The molecule has 2 unspecified atom stereocenters. The van der Waals surface area contributed by atoms with E-state index in [-0.39, 0.29) is 25.8 Å². The third-order valence-electron chi connectivity index (χ3n) is 9.71. The predicted molar refractivity (Wildman–Crippen MR) is 215 cm³/mol. The summed E-state index contributed by atoms with van der Waals surface area (Å²) in [5.41, 5.74) is 0. The van der Waals surface area contributed by atoms with Crippen molar-refractivity contribution in [2.75, 3.05) is 54.1 Å². The van der Waals surface area contributed by atoms with Crippen molar-refractivity contribution >= 4 is 13.8 Å². The Morgan fingerprint density at radius 3 is 1.29 bits per heavy atom. The number of quaternary nitrogens is 1. The van der Waals surface area contributed by atoms with Crippen molar-refractivity contribution in [1.82, 2.24) is 0 Å². The molecule has 0 fully saturated rings. The van der Waals surface area contributed by atoms with Gasteiger partial charge in [0.05, 0.1) is 27.7 Å². The van der Waals surface area contributed by atoms with Gasteiger partial charge in [0, 0.05) is 13.0 Å². The zero-order valence-corrected chi connectivity index (χ0v) is 35.5. The zero-order chi connectivity index (χ0) is 37.7. The van der Waals surface area contributed by atoms with Gasteiger partial charge in [-0.2, -0.15) is 0 Å². The summed E-state index contributed by atoms with van der Waals surface area (Å²) in [6, 6.07) is 0. The molecule has 8 nitrogen and oxygen atoms in total. The predicted octanol–water partition coefficient (Wildman–Crippen LogP) is 12.5. The van der Waals surface area contributed by atoms with Gasteiger partial charge in [0.1, 0.15) is 25.9 Å². The van der Waals surface area contributed by atoms with Gasteiger partial charge in [-0.3, -0.25) is 13.8 Å². The Bertz CT molecular complexity index is 792. The fourth-order valence-electron chi connectivity index (χ4n) is 6.23. The van der Waals surface area contributed by atoms with Crippen LogP contribution in [-0.2, 0) is 27.9 Å². The molecule has 0 aromatic carbocycles. The zero-order valence-electron chi connectivity index (χ0n) is 34.6. The molecule has 51 heavy (non-hydrogen) atoms. The maximum absolute atomic E-state index is 12.5. The lowest BCUT2D eigenvalue weighted by molar-refractivity contribution is -0.870. The Morgan fingerprint density at radius 2 is 0.902 bits per heavy atom. The van der Waals surface area contributed by atoms with Crippen molar-refractivity contribution in [3.05, 3.63) is 0 Å². The van der Waals surface area contributed by atoms with Crippen LogP contribution in [0.1, 0.15) is 206 Å². The maximum Gasteiger partial charge on any atom is 0.472 e. The number of carbonyl (C=O) groups is 1. The highest BCUT2D eigenvalue weighted by atomic mass is 31.2. The molecule has 0 aliphatic carbocycles. The number of hydrogen-bond donors (Lipinski definition) is 1. The Balaban J connectivity index is 4.18. The molecule has 0 saturated carbocycles. The SMILES string of the molecule is CCCCCCCCCCCCCCCCCC(=O)OCC(COP(=O)(O)OCC[N+](C)(C)C)OCCCCCCCCCCCCCCCC. The molecule has 1 N–H and O–H groups in total. The summed E-state index contributed by atoms with van der Waals surface area (Å²) >= 11 is 0. The summed E-state index contributed by atoms with van der Waals surface area (Å²) in [6.07, 6.45) is 37.1. The summed E-state index contributed by atoms with van der Waals surface area (Å²) in [5, 5.41) is 0. The van der Waals surface area contributed by atoms with E-state index in [4.69, 9.17) is 18.5 Å². The number of rotatable bonds is 41. The van der Waals surface area contributed by atoms with Crippen molar-refractivity contribution in [3.8, 4) is 0 Å². The average Bonchev–Trinajstić information content (AvgIpc) is 3.08. The van der Waals surface area contributed by atoms with Crippen molar-refractivity contribution < 1.29 is 37.3 Å². The van der Waals surface area contributed by atoms with Crippen LogP contribution in [0.15, 0.2) is 0 Å². The minimum Gasteiger partial charge on any atom is -0.463 e. The molecule has 0 aliphatic rings. The normalized spacial score (nSPS) is 13.8. The minimum atomic E-state index is -4.23. The van der Waals surface area contributed by atoms with Crippen molar-refractivity contribution in [3.63, 3.8) is 0 Å². The monoisotopic (exact) mass is 749 g/mol. The van der Waals surface area contributed by atoms with Crippen LogP contribution in [0.5, 0.6) is 0 Å². The van der Waals surface area contributed by atoms with Crippen LogP contribution in [-0.4, -0.2) is 75.6 Å². The molecular weight excluding hydrogens is 661 g/mol. The summed E-state index contributed by atoms with van der Waals surface area (Å²) in [7, 11) is 1.73. The third kappa shape index (κ3) is 40.5. The van der Waals surface area contributed by atoms with E-state index in [2.05, 4.69) is 13.8 Å². The van der Waals surface area contributed by atoms with E-state index < -0.39 is 13.9 Å². The second kappa shape index (κ2) is 36.5. The average molecular weight is 749 g/mol. The van der Waals surface area contributed by atoms with Gasteiger partial charge < -0.3 is 18.9 Å². The number of carbonyl (C=O) groups excluding carboxylic acids is 1. The molecule has 0 aromatic heterocycles. The number of phosphoric ester groups is 1. The first-order valence-corrected chi connectivity index (χ1v) is 23.3. The quantitative estimate of drug-likeness (QED) is 0.0288. The van der Waals surface area contributed by atoms with Gasteiger partial charge in [-0.15, -0.1) is 0 Å². The lowest BCUT2D eigenvalue weighted by Crippen LogP contribution is -2.37. The molecule has 0 amide bonds. The molecule has 2 atom stereocenters. The van der Waals surface area contributed by atoms with Gasteiger partial charge in [0.15, 0.2) is 0 Å². The van der Waals surface area contributed by atoms with E-state index in [0.717, 1.165) is 32.1 Å². The summed E-state index contributed by atoms with van der Waals surface area (Å²) < 4.78 is 35.0. The first-order chi connectivity index (χ1) is 24.6. The molecule has 306 valence electrons. The number of hydrogen-bond acceptors (Lipinski definition) is 6. The second-order valence-electron chi connectivity index (χ2n) is 16.1. The van der Waals surface area contributed by atoms with Crippen LogP contribution in [0.4, 0.5) is 0 Å². The Labute approximate surface area is 317 Å². The summed E-state index contributed by atoms with van der Waals surface area (Å²) in [6.45, 7) is 5.57. The molecule has 0 saturated heterocycles. The van der Waals surface area contributed by atoms with Crippen LogP contribution < -0.4 is 0 Å². The number of esters is 1. The van der Waals surface area contributed by atoms with Gasteiger partial charge >= 0.3 is 13.8 Å². The van der Waals surface area contributed by atoms with E-state index in [1.165, 1.54) is 154 Å². The molecule has 9 heteroatoms. The molecule has 0 aliphatic heterocycles. The molecule has 0 spiro atoms. The third-order valence-corrected chi connectivity index (χ3v) is 10.7. The Hall–Kier alpha value is -0.500. The first-order valence-electron chi connectivity index (χ1n) is 21.8.